The Morgan fingerprint density at radius 1 is 1.46 bits per heavy atom. The molecule has 68 valence electrons. The first kappa shape index (κ1) is 9.25. The average molecular weight is 178 g/mol. The summed E-state index contributed by atoms with van der Waals surface area (Å²) in [6.45, 7) is 3.28. The second-order valence-corrected chi connectivity index (χ2v) is 2.34. The molecule has 1 aromatic rings. The number of ether oxygens (including phenoxy) is 1. The van der Waals surface area contributed by atoms with Gasteiger partial charge in [0.05, 0.1) is 18.4 Å². The highest BCUT2D eigenvalue weighted by molar-refractivity contribution is 5.89. The van der Waals surface area contributed by atoms with Crippen molar-refractivity contribution in [3.8, 4) is 0 Å². The summed E-state index contributed by atoms with van der Waals surface area (Å²) in [5.41, 5.74) is 3.94. The zero-order valence-corrected chi connectivity index (χ0v) is 7.28. The predicted molar refractivity (Wildman–Crippen MR) is 51.0 cm³/mol. The maximum Gasteiger partial charge on any atom is 0.337 e. The standard InChI is InChI=1S/C9H10N2O2/c1-10-11-8-5-3-7(4-6-8)9(12)13-2/h3-6,11H,1H2,2H3. The number of methoxy groups -OCH3 is 1. The van der Waals surface area contributed by atoms with Crippen molar-refractivity contribution < 1.29 is 9.53 Å². The van der Waals surface area contributed by atoms with Crippen molar-refractivity contribution in [3.05, 3.63) is 29.8 Å². The van der Waals surface area contributed by atoms with Crippen LogP contribution in [0.15, 0.2) is 29.4 Å². The quantitative estimate of drug-likeness (QED) is 0.433. The van der Waals surface area contributed by atoms with Crippen LogP contribution >= 0.6 is 0 Å². The molecule has 0 amide bonds. The number of carbonyl (C=O) groups is 1. The lowest BCUT2D eigenvalue weighted by Crippen LogP contribution is -2.00. The van der Waals surface area contributed by atoms with E-state index in [2.05, 4.69) is 22.0 Å². The molecule has 13 heavy (non-hydrogen) atoms. The molecule has 0 unspecified atom stereocenters. The molecule has 1 rings (SSSR count). The third kappa shape index (κ3) is 2.30. The van der Waals surface area contributed by atoms with Crippen LogP contribution in [0.25, 0.3) is 0 Å². The number of hydrogen-bond acceptors (Lipinski definition) is 4. The highest BCUT2D eigenvalue weighted by Crippen LogP contribution is 2.09. The van der Waals surface area contributed by atoms with E-state index in [0.29, 0.717) is 5.56 Å². The zero-order valence-electron chi connectivity index (χ0n) is 7.28. The van der Waals surface area contributed by atoms with Crippen LogP contribution in [0.5, 0.6) is 0 Å². The van der Waals surface area contributed by atoms with Crippen LogP contribution in [-0.4, -0.2) is 19.8 Å². The monoisotopic (exact) mass is 178 g/mol. The largest absolute Gasteiger partial charge is 0.465 e. The van der Waals surface area contributed by atoms with Crippen molar-refractivity contribution in [1.29, 1.82) is 0 Å². The van der Waals surface area contributed by atoms with Gasteiger partial charge in [0.25, 0.3) is 0 Å². The molecule has 0 bridgehead atoms. The maximum atomic E-state index is 11.0. The molecule has 0 heterocycles. The van der Waals surface area contributed by atoms with Gasteiger partial charge >= 0.3 is 5.97 Å². The number of carbonyl (C=O) groups excluding carboxylic acids is 1. The van der Waals surface area contributed by atoms with Gasteiger partial charge in [0.15, 0.2) is 0 Å². The fourth-order valence-electron chi connectivity index (χ4n) is 0.890. The van der Waals surface area contributed by atoms with Crippen LogP contribution in [0, 0.1) is 0 Å². The molecule has 4 nitrogen and oxygen atoms in total. The minimum absolute atomic E-state index is 0.349. The van der Waals surface area contributed by atoms with E-state index in [1.807, 2.05) is 0 Å². The summed E-state index contributed by atoms with van der Waals surface area (Å²) in [7, 11) is 1.35. The van der Waals surface area contributed by atoms with Gasteiger partial charge in [-0.15, -0.1) is 0 Å². The van der Waals surface area contributed by atoms with Gasteiger partial charge in [0, 0.05) is 6.72 Å². The van der Waals surface area contributed by atoms with Crippen LogP contribution in [0.2, 0.25) is 0 Å². The van der Waals surface area contributed by atoms with Gasteiger partial charge < -0.3 is 4.74 Å². The molecule has 0 atom stereocenters. The Kier molecular flexibility index (Phi) is 3.03. The van der Waals surface area contributed by atoms with E-state index in [9.17, 15) is 4.79 Å². The summed E-state index contributed by atoms with van der Waals surface area (Å²) in [5.74, 6) is -0.349. The van der Waals surface area contributed by atoms with Crippen molar-refractivity contribution in [2.75, 3.05) is 12.5 Å². The predicted octanol–water partition coefficient (Wildman–Crippen LogP) is 1.50. The summed E-state index contributed by atoms with van der Waals surface area (Å²) >= 11 is 0. The number of hydrogen-bond donors (Lipinski definition) is 1. The van der Waals surface area contributed by atoms with E-state index in [0.717, 1.165) is 5.69 Å². The van der Waals surface area contributed by atoms with E-state index in [1.165, 1.54) is 7.11 Å². The third-order valence-electron chi connectivity index (χ3n) is 1.51. The minimum atomic E-state index is -0.349. The Labute approximate surface area is 76.2 Å². The highest BCUT2D eigenvalue weighted by atomic mass is 16.5. The SMILES string of the molecule is C=NNc1ccc(C(=O)OC)cc1. The number of nitrogens with zero attached hydrogens (tertiary/aromatic N) is 1. The Hall–Kier alpha value is -1.84. The van der Waals surface area contributed by atoms with Crippen LogP contribution in [0.3, 0.4) is 0 Å². The molecular weight excluding hydrogens is 168 g/mol. The van der Waals surface area contributed by atoms with Gasteiger partial charge in [-0.25, -0.2) is 4.79 Å². The second-order valence-electron chi connectivity index (χ2n) is 2.34. The van der Waals surface area contributed by atoms with E-state index < -0.39 is 0 Å². The fraction of sp³-hybridized carbons (Fsp3) is 0.111. The molecular formula is C9H10N2O2. The Balaban J connectivity index is 2.80. The lowest BCUT2D eigenvalue weighted by atomic mass is 10.2. The first-order valence-electron chi connectivity index (χ1n) is 3.68. The minimum Gasteiger partial charge on any atom is -0.465 e. The van der Waals surface area contributed by atoms with Crippen LogP contribution < -0.4 is 5.43 Å². The lowest BCUT2D eigenvalue weighted by Gasteiger charge is -2.01. The Morgan fingerprint density at radius 3 is 2.54 bits per heavy atom. The van der Waals surface area contributed by atoms with Crippen molar-refractivity contribution in [2.24, 2.45) is 5.10 Å². The average Bonchev–Trinajstić information content (AvgIpc) is 2.18. The van der Waals surface area contributed by atoms with Gasteiger partial charge in [-0.05, 0) is 24.3 Å². The molecule has 4 heteroatoms. The lowest BCUT2D eigenvalue weighted by molar-refractivity contribution is 0.0601. The first-order chi connectivity index (χ1) is 6.27. The number of anilines is 1. The zero-order chi connectivity index (χ0) is 9.68. The molecule has 0 saturated carbocycles. The molecule has 0 fully saturated rings. The summed E-state index contributed by atoms with van der Waals surface area (Å²) < 4.78 is 4.54. The van der Waals surface area contributed by atoms with Gasteiger partial charge in [0.2, 0.25) is 0 Å². The van der Waals surface area contributed by atoms with Crippen LogP contribution in [0.4, 0.5) is 5.69 Å². The van der Waals surface area contributed by atoms with Gasteiger partial charge in [-0.2, -0.15) is 5.10 Å². The van der Waals surface area contributed by atoms with E-state index in [1.54, 1.807) is 24.3 Å². The van der Waals surface area contributed by atoms with E-state index in [-0.39, 0.29) is 5.97 Å². The number of rotatable bonds is 3. The smallest absolute Gasteiger partial charge is 0.337 e. The second kappa shape index (κ2) is 4.25. The molecule has 0 radical (unpaired) electrons. The Morgan fingerprint density at radius 2 is 2.08 bits per heavy atom. The molecule has 0 aliphatic rings. The van der Waals surface area contributed by atoms with Crippen LogP contribution in [0.1, 0.15) is 10.4 Å². The summed E-state index contributed by atoms with van der Waals surface area (Å²) in [5, 5.41) is 3.48. The maximum absolute atomic E-state index is 11.0. The van der Waals surface area contributed by atoms with Crippen molar-refractivity contribution in [2.45, 2.75) is 0 Å². The topological polar surface area (TPSA) is 50.7 Å². The fourth-order valence-corrected chi connectivity index (χ4v) is 0.890. The molecule has 0 aliphatic carbocycles. The summed E-state index contributed by atoms with van der Waals surface area (Å²) in [4.78, 5) is 11.0. The Bertz CT molecular complexity index is 306. The molecule has 1 aromatic carbocycles. The van der Waals surface area contributed by atoms with Crippen molar-refractivity contribution in [3.63, 3.8) is 0 Å². The van der Waals surface area contributed by atoms with Crippen LogP contribution in [-0.2, 0) is 4.74 Å². The number of benzene rings is 1. The molecule has 0 saturated heterocycles. The number of hydrazone groups is 1. The molecule has 0 spiro atoms. The summed E-state index contributed by atoms with van der Waals surface area (Å²) in [6, 6.07) is 6.75. The highest BCUT2D eigenvalue weighted by Gasteiger charge is 2.03. The van der Waals surface area contributed by atoms with Crippen molar-refractivity contribution in [1.82, 2.24) is 0 Å². The van der Waals surface area contributed by atoms with Gasteiger partial charge in [-0.3, -0.25) is 5.43 Å². The van der Waals surface area contributed by atoms with Gasteiger partial charge in [0.1, 0.15) is 0 Å². The molecule has 0 aromatic heterocycles. The molecule has 0 aliphatic heterocycles. The van der Waals surface area contributed by atoms with Crippen molar-refractivity contribution >= 4 is 18.4 Å². The summed E-state index contributed by atoms with van der Waals surface area (Å²) in [6.07, 6.45) is 0. The normalized spacial score (nSPS) is 9.00. The van der Waals surface area contributed by atoms with E-state index >= 15 is 0 Å². The van der Waals surface area contributed by atoms with Gasteiger partial charge in [-0.1, -0.05) is 0 Å². The number of esters is 1. The first-order valence-corrected chi connectivity index (χ1v) is 3.68. The number of nitrogens with one attached hydrogen (secondary N) is 1. The third-order valence-corrected chi connectivity index (χ3v) is 1.51. The molecule has 1 N–H and O–H groups in total. The van der Waals surface area contributed by atoms with E-state index in [4.69, 9.17) is 0 Å².